The minimum atomic E-state index is -4.63. The minimum Gasteiger partial charge on any atom is -0.491 e. The fourth-order valence-corrected chi connectivity index (χ4v) is 7.27. The molecule has 1 fully saturated rings. The molecule has 274 valence electrons. The lowest BCUT2D eigenvalue weighted by Crippen LogP contribution is -2.52. The number of amides is 3. The molecule has 3 amide bonds. The number of pyridine rings is 2. The zero-order chi connectivity index (χ0) is 37.3. The standard InChI is InChI=1S/C37H34F3N7O5S/c1-46(2)32-10-6-21(18-43-32)28-17-26(37(38,39)40)24(19-42-28)35-44-27-8-7-22(16-31(27)53-35)41-12-13-51-14-15-52-30-5-3-4-23-25(30)20-47(36(23)50)29-9-11-33(48)45-34(29)49/h3-8,10,16-19,29,41H,9,11-15,20H2,1-2H3,(H,45,48,49). The molecule has 0 bridgehead atoms. The Kier molecular flexibility index (Phi) is 9.98. The molecule has 1 unspecified atom stereocenters. The maximum atomic E-state index is 14.3. The number of benzene rings is 2. The number of carbonyl (C=O) groups excluding carboxylic acids is 3. The summed E-state index contributed by atoms with van der Waals surface area (Å²) in [6, 6.07) is 14.3. The number of halogens is 3. The topological polar surface area (TPSA) is 139 Å². The first kappa shape index (κ1) is 35.8. The molecule has 5 heterocycles. The summed E-state index contributed by atoms with van der Waals surface area (Å²) in [7, 11) is 3.65. The summed E-state index contributed by atoms with van der Waals surface area (Å²) in [5.74, 6) is 0.131. The summed E-state index contributed by atoms with van der Waals surface area (Å²) >= 11 is 1.15. The third-order valence-corrected chi connectivity index (χ3v) is 9.98. The van der Waals surface area contributed by atoms with Crippen LogP contribution in [-0.2, 0) is 27.0 Å². The van der Waals surface area contributed by atoms with Crippen molar-refractivity contribution in [3.8, 4) is 27.6 Å². The van der Waals surface area contributed by atoms with Crippen molar-refractivity contribution in [2.45, 2.75) is 31.6 Å². The summed E-state index contributed by atoms with van der Waals surface area (Å²) < 4.78 is 55.2. The van der Waals surface area contributed by atoms with Gasteiger partial charge in [-0.15, -0.1) is 11.3 Å². The van der Waals surface area contributed by atoms with Crippen LogP contribution in [0, 0.1) is 0 Å². The van der Waals surface area contributed by atoms with Crippen LogP contribution in [0.1, 0.15) is 34.3 Å². The first-order valence-corrected chi connectivity index (χ1v) is 17.6. The SMILES string of the molecule is CN(C)c1ccc(-c2cc(C(F)(F)F)c(-c3nc4ccc(NCCOCCOc5cccc6c5CN(C5CCC(=O)NC5=O)C6=O)cc4s3)cn2)cn1. The highest BCUT2D eigenvalue weighted by molar-refractivity contribution is 7.21. The van der Waals surface area contributed by atoms with Crippen LogP contribution >= 0.6 is 11.3 Å². The van der Waals surface area contributed by atoms with Gasteiger partial charge in [0.25, 0.3) is 5.91 Å². The second-order valence-corrected chi connectivity index (χ2v) is 13.7. The molecule has 5 aromatic rings. The van der Waals surface area contributed by atoms with Gasteiger partial charge in [-0.05, 0) is 55.0 Å². The molecule has 7 rings (SSSR count). The van der Waals surface area contributed by atoms with Gasteiger partial charge in [0.05, 0.1) is 41.2 Å². The number of imide groups is 1. The van der Waals surface area contributed by atoms with E-state index in [-0.39, 0.29) is 60.7 Å². The van der Waals surface area contributed by atoms with Gasteiger partial charge in [0, 0.05) is 67.4 Å². The summed E-state index contributed by atoms with van der Waals surface area (Å²) in [6.45, 7) is 1.53. The monoisotopic (exact) mass is 745 g/mol. The summed E-state index contributed by atoms with van der Waals surface area (Å²) in [6.07, 6.45) is -1.44. The van der Waals surface area contributed by atoms with Gasteiger partial charge in [0.2, 0.25) is 11.8 Å². The number of fused-ring (bicyclic) bond motifs is 2. The number of thiazole rings is 1. The summed E-state index contributed by atoms with van der Waals surface area (Å²) in [5.41, 5.74) is 2.21. The quantitative estimate of drug-likeness (QED) is 0.120. The van der Waals surface area contributed by atoms with Crippen molar-refractivity contribution >= 4 is 50.8 Å². The van der Waals surface area contributed by atoms with E-state index in [1.807, 2.05) is 20.2 Å². The Balaban J connectivity index is 0.924. The number of ether oxygens (including phenoxy) is 2. The number of anilines is 2. The Morgan fingerprint density at radius 3 is 2.60 bits per heavy atom. The van der Waals surface area contributed by atoms with E-state index in [1.165, 1.54) is 17.3 Å². The molecule has 12 nitrogen and oxygen atoms in total. The van der Waals surface area contributed by atoms with Crippen molar-refractivity contribution in [1.29, 1.82) is 0 Å². The van der Waals surface area contributed by atoms with E-state index in [9.17, 15) is 27.6 Å². The Bertz CT molecular complexity index is 2190. The number of alkyl halides is 3. The molecule has 2 aromatic carbocycles. The van der Waals surface area contributed by atoms with E-state index in [0.29, 0.717) is 51.6 Å². The van der Waals surface area contributed by atoms with E-state index in [2.05, 4.69) is 25.6 Å². The Labute approximate surface area is 306 Å². The molecular formula is C37H34F3N7O5S. The summed E-state index contributed by atoms with van der Waals surface area (Å²) in [5, 5.41) is 5.78. The highest BCUT2D eigenvalue weighted by Gasteiger charge is 2.40. The lowest BCUT2D eigenvalue weighted by molar-refractivity contribution is -0.138. The predicted molar refractivity (Wildman–Crippen MR) is 193 cm³/mol. The third-order valence-electron chi connectivity index (χ3n) is 8.93. The summed E-state index contributed by atoms with van der Waals surface area (Å²) in [4.78, 5) is 53.3. The molecule has 2 N–H and O–H groups in total. The number of piperidine rings is 1. The van der Waals surface area contributed by atoms with Gasteiger partial charge in [-0.2, -0.15) is 13.2 Å². The smallest absolute Gasteiger partial charge is 0.417 e. The van der Waals surface area contributed by atoms with Crippen molar-refractivity contribution in [3.05, 3.63) is 83.7 Å². The molecule has 1 atom stereocenters. The van der Waals surface area contributed by atoms with Crippen LogP contribution in [0.15, 0.2) is 67.0 Å². The third kappa shape index (κ3) is 7.64. The van der Waals surface area contributed by atoms with Crippen molar-refractivity contribution in [3.63, 3.8) is 0 Å². The molecule has 0 radical (unpaired) electrons. The molecule has 1 saturated heterocycles. The predicted octanol–water partition coefficient (Wildman–Crippen LogP) is 5.77. The molecule has 16 heteroatoms. The second kappa shape index (κ2) is 14.8. The zero-order valence-corrected chi connectivity index (χ0v) is 29.5. The normalized spacial score (nSPS) is 15.8. The number of nitrogens with zero attached hydrogens (tertiary/aromatic N) is 5. The van der Waals surface area contributed by atoms with Gasteiger partial charge in [-0.25, -0.2) is 9.97 Å². The minimum absolute atomic E-state index is 0.0934. The van der Waals surface area contributed by atoms with E-state index in [1.54, 1.807) is 47.4 Å². The molecule has 0 saturated carbocycles. The van der Waals surface area contributed by atoms with E-state index in [0.717, 1.165) is 23.1 Å². The van der Waals surface area contributed by atoms with Crippen LogP contribution in [0.25, 0.3) is 32.0 Å². The average molecular weight is 746 g/mol. The first-order valence-electron chi connectivity index (χ1n) is 16.8. The Morgan fingerprint density at radius 1 is 1.00 bits per heavy atom. The number of rotatable bonds is 12. The van der Waals surface area contributed by atoms with Crippen LogP contribution in [0.2, 0.25) is 0 Å². The fourth-order valence-electron chi connectivity index (χ4n) is 6.24. The number of nitrogens with one attached hydrogen (secondary N) is 2. The molecule has 3 aromatic heterocycles. The number of hydrogen-bond acceptors (Lipinski definition) is 11. The van der Waals surface area contributed by atoms with Gasteiger partial charge in [-0.3, -0.25) is 24.7 Å². The van der Waals surface area contributed by atoms with Crippen molar-refractivity contribution in [1.82, 2.24) is 25.2 Å². The van der Waals surface area contributed by atoms with Gasteiger partial charge in [-0.1, -0.05) is 6.07 Å². The molecule has 2 aliphatic rings. The molecule has 0 spiro atoms. The molecule has 0 aliphatic carbocycles. The number of carbonyl (C=O) groups is 3. The molecular weight excluding hydrogens is 712 g/mol. The highest BCUT2D eigenvalue weighted by atomic mass is 32.1. The van der Waals surface area contributed by atoms with Gasteiger partial charge in [0.1, 0.15) is 29.2 Å². The maximum Gasteiger partial charge on any atom is 0.417 e. The van der Waals surface area contributed by atoms with Crippen molar-refractivity contribution < 1.29 is 37.0 Å². The average Bonchev–Trinajstić information content (AvgIpc) is 3.71. The Morgan fingerprint density at radius 2 is 1.85 bits per heavy atom. The van der Waals surface area contributed by atoms with Crippen LogP contribution in [0.5, 0.6) is 5.75 Å². The van der Waals surface area contributed by atoms with Crippen LogP contribution in [0.3, 0.4) is 0 Å². The Hall–Kier alpha value is -5.61. The molecule has 2 aliphatic heterocycles. The molecule has 53 heavy (non-hydrogen) atoms. The van der Waals surface area contributed by atoms with Gasteiger partial charge in [0.15, 0.2) is 0 Å². The lowest BCUT2D eigenvalue weighted by Gasteiger charge is -2.29. The van der Waals surface area contributed by atoms with Crippen LogP contribution in [0.4, 0.5) is 24.7 Å². The zero-order valence-electron chi connectivity index (χ0n) is 28.7. The second-order valence-electron chi connectivity index (χ2n) is 12.7. The fraction of sp³-hybridized carbons (Fsp3) is 0.297. The van der Waals surface area contributed by atoms with Crippen LogP contribution in [-0.4, -0.2) is 84.1 Å². The van der Waals surface area contributed by atoms with E-state index in [4.69, 9.17) is 9.47 Å². The number of aromatic nitrogens is 3. The van der Waals surface area contributed by atoms with E-state index < -0.39 is 23.7 Å². The van der Waals surface area contributed by atoms with Crippen molar-refractivity contribution in [2.75, 3.05) is 50.7 Å². The highest BCUT2D eigenvalue weighted by Crippen LogP contribution is 2.41. The number of hydrogen-bond donors (Lipinski definition) is 2. The van der Waals surface area contributed by atoms with Crippen LogP contribution < -0.4 is 20.3 Å². The largest absolute Gasteiger partial charge is 0.491 e. The van der Waals surface area contributed by atoms with Gasteiger partial charge >= 0.3 is 6.18 Å². The van der Waals surface area contributed by atoms with Gasteiger partial charge < -0.3 is 24.6 Å². The van der Waals surface area contributed by atoms with E-state index >= 15 is 0 Å². The first-order chi connectivity index (χ1) is 25.5. The van der Waals surface area contributed by atoms with Crippen molar-refractivity contribution in [2.24, 2.45) is 0 Å². The maximum absolute atomic E-state index is 14.3. The lowest BCUT2D eigenvalue weighted by atomic mass is 10.0.